The van der Waals surface area contributed by atoms with E-state index in [0.29, 0.717) is 5.69 Å². The summed E-state index contributed by atoms with van der Waals surface area (Å²) in [4.78, 5) is 3.81. The minimum Gasteiger partial charge on any atom is -0.504 e. The summed E-state index contributed by atoms with van der Waals surface area (Å²) >= 11 is 0. The van der Waals surface area contributed by atoms with Gasteiger partial charge in [-0.2, -0.15) is 0 Å². The minimum absolute atomic E-state index is 0.0422. The summed E-state index contributed by atoms with van der Waals surface area (Å²) in [6.07, 6.45) is 1.34. The van der Waals surface area contributed by atoms with Gasteiger partial charge in [-0.3, -0.25) is 4.98 Å². The van der Waals surface area contributed by atoms with E-state index in [4.69, 9.17) is 10.8 Å². The summed E-state index contributed by atoms with van der Waals surface area (Å²) in [7, 11) is 0. The van der Waals surface area contributed by atoms with Gasteiger partial charge in [0.05, 0.1) is 11.9 Å². The third kappa shape index (κ3) is 1.10. The average molecular weight is 124 g/mol. The maximum absolute atomic E-state index is 8.86. The maximum Gasteiger partial charge on any atom is 0.156 e. The Morgan fingerprint density at radius 2 is 2.33 bits per heavy atom. The largest absolute Gasteiger partial charge is 0.504 e. The molecule has 0 aromatic carbocycles. The van der Waals surface area contributed by atoms with Gasteiger partial charge in [0.2, 0.25) is 0 Å². The third-order valence-electron chi connectivity index (χ3n) is 1.05. The monoisotopic (exact) mass is 124 g/mol. The Bertz CT molecular complexity index is 222. The van der Waals surface area contributed by atoms with Gasteiger partial charge >= 0.3 is 0 Å². The van der Waals surface area contributed by atoms with E-state index < -0.39 is 0 Å². The summed E-state index contributed by atoms with van der Waals surface area (Å²) < 4.78 is 0. The number of aromatic nitrogens is 1. The fourth-order valence-corrected chi connectivity index (χ4v) is 0.574. The zero-order chi connectivity index (χ0) is 6.85. The van der Waals surface area contributed by atoms with Crippen LogP contribution in [0, 0.1) is 6.92 Å². The first kappa shape index (κ1) is 5.88. The van der Waals surface area contributed by atoms with E-state index >= 15 is 0 Å². The van der Waals surface area contributed by atoms with Crippen molar-refractivity contribution in [1.82, 2.24) is 4.98 Å². The van der Waals surface area contributed by atoms with Crippen molar-refractivity contribution in [1.29, 1.82) is 0 Å². The van der Waals surface area contributed by atoms with E-state index in [1.165, 1.54) is 6.20 Å². The van der Waals surface area contributed by atoms with Crippen molar-refractivity contribution in [2.24, 2.45) is 0 Å². The summed E-state index contributed by atoms with van der Waals surface area (Å²) in [6, 6.07) is 1.62. The molecule has 0 spiro atoms. The number of hydrogen-bond donors (Lipinski definition) is 2. The normalized spacial score (nSPS) is 9.44. The Morgan fingerprint density at radius 1 is 1.67 bits per heavy atom. The van der Waals surface area contributed by atoms with Gasteiger partial charge in [0.1, 0.15) is 0 Å². The van der Waals surface area contributed by atoms with Crippen LogP contribution in [0.1, 0.15) is 5.69 Å². The van der Waals surface area contributed by atoms with Crippen molar-refractivity contribution in [3.05, 3.63) is 18.0 Å². The Morgan fingerprint density at radius 3 is 2.78 bits per heavy atom. The molecule has 1 rings (SSSR count). The van der Waals surface area contributed by atoms with Gasteiger partial charge in [0.15, 0.2) is 5.75 Å². The minimum atomic E-state index is 0.0422. The lowest BCUT2D eigenvalue weighted by Crippen LogP contribution is -1.88. The van der Waals surface area contributed by atoms with Gasteiger partial charge in [-0.05, 0) is 13.0 Å². The van der Waals surface area contributed by atoms with Crippen LogP contribution in [0.5, 0.6) is 5.75 Å². The van der Waals surface area contributed by atoms with Crippen LogP contribution in [0.15, 0.2) is 12.3 Å². The maximum atomic E-state index is 8.86. The van der Waals surface area contributed by atoms with Crippen LogP contribution in [0.25, 0.3) is 0 Å². The second kappa shape index (κ2) is 1.93. The molecule has 0 saturated carbocycles. The lowest BCUT2D eigenvalue weighted by Gasteiger charge is -1.96. The number of nitrogens with zero attached hydrogens (tertiary/aromatic N) is 1. The van der Waals surface area contributed by atoms with Crippen molar-refractivity contribution >= 4 is 5.69 Å². The van der Waals surface area contributed by atoms with Crippen LogP contribution in [0.4, 0.5) is 5.69 Å². The molecule has 0 fully saturated rings. The van der Waals surface area contributed by atoms with E-state index in [9.17, 15) is 0 Å². The van der Waals surface area contributed by atoms with Gasteiger partial charge in [-0.15, -0.1) is 0 Å². The van der Waals surface area contributed by atoms with Crippen LogP contribution >= 0.6 is 0 Å². The van der Waals surface area contributed by atoms with Crippen LogP contribution < -0.4 is 5.73 Å². The summed E-state index contributed by atoms with van der Waals surface area (Å²) in [5, 5.41) is 8.86. The number of nitrogen functional groups attached to an aromatic ring is 1. The molecule has 0 atom stereocenters. The Labute approximate surface area is 53.2 Å². The Kier molecular flexibility index (Phi) is 1.26. The highest BCUT2D eigenvalue weighted by molar-refractivity contribution is 5.50. The van der Waals surface area contributed by atoms with Crippen molar-refractivity contribution < 1.29 is 5.11 Å². The lowest BCUT2D eigenvalue weighted by molar-refractivity contribution is 0.475. The molecular formula is C6H8N2O. The molecule has 0 amide bonds. The third-order valence-corrected chi connectivity index (χ3v) is 1.05. The van der Waals surface area contributed by atoms with E-state index in [0.717, 1.165) is 5.69 Å². The fourth-order valence-electron chi connectivity index (χ4n) is 0.574. The first-order chi connectivity index (χ1) is 4.20. The molecule has 1 aromatic heterocycles. The molecule has 1 aromatic rings. The Balaban J connectivity index is 3.17. The number of nitrogens with two attached hydrogens (primary N) is 1. The SMILES string of the molecule is Cc1cc(N)c(O)cn1. The van der Waals surface area contributed by atoms with Gasteiger partial charge < -0.3 is 10.8 Å². The molecule has 0 unspecified atom stereocenters. The Hall–Kier alpha value is -1.25. The molecule has 0 aliphatic rings. The molecule has 0 aliphatic heterocycles. The molecule has 3 N–H and O–H groups in total. The quantitative estimate of drug-likeness (QED) is 0.534. The number of anilines is 1. The number of pyridine rings is 1. The molecule has 48 valence electrons. The lowest BCUT2D eigenvalue weighted by atomic mass is 10.3. The van der Waals surface area contributed by atoms with Crippen molar-refractivity contribution in [3.8, 4) is 5.75 Å². The first-order valence-corrected chi connectivity index (χ1v) is 2.61. The highest BCUT2D eigenvalue weighted by Gasteiger charge is 1.93. The highest BCUT2D eigenvalue weighted by Crippen LogP contribution is 2.16. The van der Waals surface area contributed by atoms with Crippen LogP contribution in [-0.4, -0.2) is 10.1 Å². The number of aromatic hydroxyl groups is 1. The summed E-state index contributed by atoms with van der Waals surface area (Å²) in [5.41, 5.74) is 6.52. The van der Waals surface area contributed by atoms with Gasteiger partial charge in [-0.25, -0.2) is 0 Å². The molecule has 3 heteroatoms. The second-order valence-corrected chi connectivity index (χ2v) is 1.88. The molecule has 0 saturated heterocycles. The second-order valence-electron chi connectivity index (χ2n) is 1.88. The van der Waals surface area contributed by atoms with Crippen LogP contribution in [0.3, 0.4) is 0 Å². The highest BCUT2D eigenvalue weighted by atomic mass is 16.3. The van der Waals surface area contributed by atoms with Crippen molar-refractivity contribution in [2.45, 2.75) is 6.92 Å². The van der Waals surface area contributed by atoms with E-state index in [1.807, 2.05) is 6.92 Å². The van der Waals surface area contributed by atoms with Crippen molar-refractivity contribution in [2.75, 3.05) is 5.73 Å². The van der Waals surface area contributed by atoms with E-state index in [2.05, 4.69) is 4.98 Å². The standard InChI is InChI=1S/C6H8N2O/c1-4-2-5(7)6(9)3-8-4/h2-3,9H,1H3,(H2,7,8). The fraction of sp³-hybridized carbons (Fsp3) is 0.167. The van der Waals surface area contributed by atoms with Crippen LogP contribution in [-0.2, 0) is 0 Å². The van der Waals surface area contributed by atoms with E-state index in [-0.39, 0.29) is 5.75 Å². The first-order valence-electron chi connectivity index (χ1n) is 2.61. The molecular weight excluding hydrogens is 116 g/mol. The average Bonchev–Trinajstić information content (AvgIpc) is 1.80. The molecule has 0 bridgehead atoms. The molecule has 9 heavy (non-hydrogen) atoms. The number of rotatable bonds is 0. The van der Waals surface area contributed by atoms with Gasteiger partial charge in [0.25, 0.3) is 0 Å². The smallest absolute Gasteiger partial charge is 0.156 e. The predicted octanol–water partition coefficient (Wildman–Crippen LogP) is 0.678. The molecule has 3 nitrogen and oxygen atoms in total. The molecule has 1 heterocycles. The zero-order valence-corrected chi connectivity index (χ0v) is 5.13. The van der Waals surface area contributed by atoms with Crippen LogP contribution in [0.2, 0.25) is 0 Å². The number of aryl methyl sites for hydroxylation is 1. The molecule has 0 radical (unpaired) electrons. The summed E-state index contributed by atoms with van der Waals surface area (Å²) in [6.45, 7) is 1.82. The predicted molar refractivity (Wildman–Crippen MR) is 35.1 cm³/mol. The van der Waals surface area contributed by atoms with Gasteiger partial charge in [0, 0.05) is 5.69 Å². The zero-order valence-electron chi connectivity index (χ0n) is 5.13. The molecule has 0 aliphatic carbocycles. The topological polar surface area (TPSA) is 59.1 Å². The van der Waals surface area contributed by atoms with Crippen molar-refractivity contribution in [3.63, 3.8) is 0 Å². The summed E-state index contributed by atoms with van der Waals surface area (Å²) in [5.74, 6) is 0.0422. The van der Waals surface area contributed by atoms with Gasteiger partial charge in [-0.1, -0.05) is 0 Å². The number of hydrogen-bond acceptors (Lipinski definition) is 3. The van der Waals surface area contributed by atoms with E-state index in [1.54, 1.807) is 6.07 Å².